The van der Waals surface area contributed by atoms with E-state index in [1.165, 1.54) is 0 Å². The van der Waals surface area contributed by atoms with Crippen molar-refractivity contribution in [3.05, 3.63) is 0 Å². The summed E-state index contributed by atoms with van der Waals surface area (Å²) in [5.41, 5.74) is 0. The highest BCUT2D eigenvalue weighted by atomic mass is 16.6. The van der Waals surface area contributed by atoms with E-state index in [0.29, 0.717) is 25.7 Å². The Labute approximate surface area is 121 Å². The van der Waals surface area contributed by atoms with Gasteiger partial charge in [-0.1, -0.05) is 12.8 Å². The van der Waals surface area contributed by atoms with E-state index in [1.54, 1.807) is 0 Å². The van der Waals surface area contributed by atoms with Crippen molar-refractivity contribution in [2.45, 2.75) is 57.5 Å². The third-order valence-electron chi connectivity index (χ3n) is 2.69. The highest BCUT2D eigenvalue weighted by Gasteiger charge is 2.22. The molecule has 3 N–H and O–H groups in total. The van der Waals surface area contributed by atoms with Crippen LogP contribution in [0.3, 0.4) is 0 Å². The molecule has 1 unspecified atom stereocenters. The van der Waals surface area contributed by atoms with Crippen LogP contribution >= 0.6 is 0 Å². The zero-order valence-electron chi connectivity index (χ0n) is 11.6. The molecule has 0 heterocycles. The van der Waals surface area contributed by atoms with Crippen molar-refractivity contribution >= 4 is 23.9 Å². The molecule has 0 bridgehead atoms. The summed E-state index contributed by atoms with van der Waals surface area (Å²) >= 11 is 0. The molecule has 120 valence electrons. The van der Waals surface area contributed by atoms with E-state index in [4.69, 9.17) is 20.1 Å². The summed E-state index contributed by atoms with van der Waals surface area (Å²) in [4.78, 5) is 42.8. The second-order valence-electron chi connectivity index (χ2n) is 4.56. The van der Waals surface area contributed by atoms with Crippen LogP contribution in [0.15, 0.2) is 0 Å². The number of unbranched alkanes of at least 4 members (excludes halogenated alkanes) is 3. The zero-order chi connectivity index (χ0) is 16.3. The fourth-order valence-electron chi connectivity index (χ4n) is 1.60. The second-order valence-corrected chi connectivity index (χ2v) is 4.56. The molecular formula is C13H20O8. The molecule has 0 aromatic rings. The first-order valence-corrected chi connectivity index (χ1v) is 6.68. The smallest absolute Gasteiger partial charge is 0.345 e. The summed E-state index contributed by atoms with van der Waals surface area (Å²) in [6, 6.07) is 0. The van der Waals surface area contributed by atoms with Crippen LogP contribution in [-0.2, 0) is 23.9 Å². The Kier molecular flexibility index (Phi) is 9.57. The molecule has 0 aromatic heterocycles. The van der Waals surface area contributed by atoms with Gasteiger partial charge in [-0.3, -0.25) is 14.4 Å². The third kappa shape index (κ3) is 11.4. The summed E-state index contributed by atoms with van der Waals surface area (Å²) in [5, 5.41) is 25.7. The molecule has 0 fully saturated rings. The quantitative estimate of drug-likeness (QED) is 0.362. The lowest BCUT2D eigenvalue weighted by Gasteiger charge is -2.12. The van der Waals surface area contributed by atoms with Crippen molar-refractivity contribution in [1.29, 1.82) is 0 Å². The van der Waals surface area contributed by atoms with Crippen LogP contribution in [0.4, 0.5) is 0 Å². The van der Waals surface area contributed by atoms with Crippen molar-refractivity contribution in [2.75, 3.05) is 0 Å². The van der Waals surface area contributed by atoms with Gasteiger partial charge in [-0.15, -0.1) is 0 Å². The minimum Gasteiger partial charge on any atom is -0.481 e. The van der Waals surface area contributed by atoms with Gasteiger partial charge in [0.2, 0.25) is 0 Å². The van der Waals surface area contributed by atoms with Gasteiger partial charge in [0.05, 0.1) is 0 Å². The molecule has 0 aliphatic rings. The predicted molar refractivity (Wildman–Crippen MR) is 69.7 cm³/mol. The van der Waals surface area contributed by atoms with E-state index >= 15 is 0 Å². The number of rotatable bonds is 12. The number of carboxylic acids is 3. The molecule has 0 aliphatic heterocycles. The number of carbonyl (C=O) groups is 4. The molecule has 0 amide bonds. The number of carboxylic acid groups (broad SMARTS) is 3. The molecule has 1 atom stereocenters. The predicted octanol–water partition coefficient (Wildman–Crippen LogP) is 1.27. The van der Waals surface area contributed by atoms with E-state index in [1.807, 2.05) is 0 Å². The maximum atomic E-state index is 11.4. The maximum absolute atomic E-state index is 11.4. The molecule has 8 heteroatoms. The highest BCUT2D eigenvalue weighted by molar-refractivity contribution is 5.78. The molecule has 0 aliphatic carbocycles. The van der Waals surface area contributed by atoms with Crippen LogP contribution in [0.1, 0.15) is 51.4 Å². The van der Waals surface area contributed by atoms with Gasteiger partial charge in [0, 0.05) is 25.7 Å². The Balaban J connectivity index is 3.85. The van der Waals surface area contributed by atoms with Crippen LogP contribution in [0, 0.1) is 0 Å². The van der Waals surface area contributed by atoms with Crippen LogP contribution in [-0.4, -0.2) is 45.3 Å². The van der Waals surface area contributed by atoms with Crippen molar-refractivity contribution in [3.63, 3.8) is 0 Å². The Hall–Kier alpha value is -2.12. The van der Waals surface area contributed by atoms with Gasteiger partial charge in [-0.05, 0) is 12.8 Å². The molecule has 21 heavy (non-hydrogen) atoms. The van der Waals surface area contributed by atoms with Gasteiger partial charge >= 0.3 is 23.9 Å². The fourth-order valence-corrected chi connectivity index (χ4v) is 1.60. The van der Waals surface area contributed by atoms with Gasteiger partial charge < -0.3 is 20.1 Å². The topological polar surface area (TPSA) is 138 Å². The van der Waals surface area contributed by atoms with Crippen molar-refractivity contribution in [1.82, 2.24) is 0 Å². The van der Waals surface area contributed by atoms with Gasteiger partial charge in [0.25, 0.3) is 0 Å². The summed E-state index contributed by atoms with van der Waals surface area (Å²) < 4.78 is 4.71. The van der Waals surface area contributed by atoms with Gasteiger partial charge in [-0.25, -0.2) is 4.79 Å². The summed E-state index contributed by atoms with van der Waals surface area (Å²) in [6.07, 6.45) is 0.334. The van der Waals surface area contributed by atoms with E-state index in [0.717, 1.165) is 0 Å². The Morgan fingerprint density at radius 3 is 1.76 bits per heavy atom. The average Bonchev–Trinajstić information content (AvgIpc) is 2.37. The lowest BCUT2D eigenvalue weighted by molar-refractivity contribution is -0.165. The molecule has 0 saturated carbocycles. The van der Waals surface area contributed by atoms with E-state index in [9.17, 15) is 19.2 Å². The maximum Gasteiger partial charge on any atom is 0.345 e. The number of aliphatic carboxylic acids is 3. The molecule has 0 saturated heterocycles. The summed E-state index contributed by atoms with van der Waals surface area (Å²) in [6.45, 7) is 0. The minimum absolute atomic E-state index is 0.0317. The standard InChI is InChI=1S/C13H20O8/c14-10(15)5-3-1-2-4-6-12(18)21-9(13(19)20)7-8-11(16)17/h9H,1-8H2,(H,14,15)(H,16,17)(H,19,20). The normalized spacial score (nSPS) is 11.6. The largest absolute Gasteiger partial charge is 0.481 e. The van der Waals surface area contributed by atoms with Gasteiger partial charge in [0.1, 0.15) is 0 Å². The highest BCUT2D eigenvalue weighted by Crippen LogP contribution is 2.09. The second kappa shape index (κ2) is 10.6. The van der Waals surface area contributed by atoms with Crippen LogP contribution in [0.25, 0.3) is 0 Å². The lowest BCUT2D eigenvalue weighted by Crippen LogP contribution is -2.27. The third-order valence-corrected chi connectivity index (χ3v) is 2.69. The molecule has 0 radical (unpaired) electrons. The number of ether oxygens (including phenoxy) is 1. The number of hydrogen-bond acceptors (Lipinski definition) is 5. The van der Waals surface area contributed by atoms with Crippen molar-refractivity contribution in [2.24, 2.45) is 0 Å². The van der Waals surface area contributed by atoms with Crippen LogP contribution < -0.4 is 0 Å². The van der Waals surface area contributed by atoms with Gasteiger partial charge in [-0.2, -0.15) is 0 Å². The Bertz CT molecular complexity index is 376. The number of carbonyl (C=O) groups excluding carboxylic acids is 1. The van der Waals surface area contributed by atoms with Crippen molar-refractivity contribution < 1.29 is 39.2 Å². The van der Waals surface area contributed by atoms with Gasteiger partial charge in [0.15, 0.2) is 6.10 Å². The molecular weight excluding hydrogens is 284 g/mol. The van der Waals surface area contributed by atoms with Crippen LogP contribution in [0.5, 0.6) is 0 Å². The average molecular weight is 304 g/mol. The number of hydrogen-bond donors (Lipinski definition) is 3. The first-order chi connectivity index (χ1) is 9.82. The molecule has 0 rings (SSSR count). The summed E-state index contributed by atoms with van der Waals surface area (Å²) in [7, 11) is 0. The van der Waals surface area contributed by atoms with Crippen molar-refractivity contribution in [3.8, 4) is 0 Å². The SMILES string of the molecule is O=C(O)CCCCCCC(=O)OC(CCC(=O)O)C(=O)O. The first kappa shape index (κ1) is 18.9. The minimum atomic E-state index is -1.44. The van der Waals surface area contributed by atoms with E-state index < -0.39 is 30.0 Å². The molecule has 8 nitrogen and oxygen atoms in total. The van der Waals surface area contributed by atoms with Crippen LogP contribution in [0.2, 0.25) is 0 Å². The van der Waals surface area contributed by atoms with E-state index in [2.05, 4.69) is 0 Å². The lowest BCUT2D eigenvalue weighted by atomic mass is 10.1. The monoisotopic (exact) mass is 304 g/mol. The fraction of sp³-hybridized carbons (Fsp3) is 0.692. The summed E-state index contributed by atoms with van der Waals surface area (Å²) in [5.74, 6) is -4.08. The zero-order valence-corrected chi connectivity index (χ0v) is 11.6. The van der Waals surface area contributed by atoms with E-state index in [-0.39, 0.29) is 25.7 Å². The Morgan fingerprint density at radius 2 is 1.29 bits per heavy atom. The first-order valence-electron chi connectivity index (χ1n) is 6.68. The molecule has 0 spiro atoms. The number of esters is 1. The molecule has 0 aromatic carbocycles. The Morgan fingerprint density at radius 1 is 0.762 bits per heavy atom.